The molecule has 0 saturated carbocycles. The van der Waals surface area contributed by atoms with Gasteiger partial charge in [-0.15, -0.1) is 0 Å². The van der Waals surface area contributed by atoms with Gasteiger partial charge in [0.1, 0.15) is 0 Å². The average molecular weight is 214 g/mol. The molecule has 0 aliphatic rings. The summed E-state index contributed by atoms with van der Waals surface area (Å²) in [6, 6.07) is 0. The quantitative estimate of drug-likeness (QED) is 0.655. The van der Waals surface area contributed by atoms with Crippen LogP contribution in [0.1, 0.15) is 41.0 Å². The minimum Gasteiger partial charge on any atom is -0.315 e. The van der Waals surface area contributed by atoms with Gasteiger partial charge in [-0.2, -0.15) is 0 Å². The first kappa shape index (κ1) is 14.9. The van der Waals surface area contributed by atoms with Gasteiger partial charge in [0, 0.05) is 13.1 Å². The van der Waals surface area contributed by atoms with Crippen molar-refractivity contribution in [1.29, 1.82) is 0 Å². The first-order valence-corrected chi connectivity index (χ1v) is 6.27. The molecular weight excluding hydrogens is 184 g/mol. The zero-order valence-corrected chi connectivity index (χ0v) is 11.6. The van der Waals surface area contributed by atoms with E-state index in [1.807, 2.05) is 0 Å². The third-order valence-electron chi connectivity index (χ3n) is 3.44. The molecule has 92 valence electrons. The molecule has 0 heterocycles. The molecule has 0 bridgehead atoms. The van der Waals surface area contributed by atoms with E-state index in [1.165, 1.54) is 6.42 Å². The molecule has 0 amide bonds. The number of rotatable bonds is 7. The molecule has 0 rings (SSSR count). The fourth-order valence-electron chi connectivity index (χ4n) is 1.30. The van der Waals surface area contributed by atoms with Crippen molar-refractivity contribution in [3.05, 3.63) is 0 Å². The zero-order valence-electron chi connectivity index (χ0n) is 11.6. The lowest BCUT2D eigenvalue weighted by atomic mass is 9.80. The molecule has 0 fully saturated rings. The molecule has 0 aromatic heterocycles. The second-order valence-electron chi connectivity index (χ2n) is 5.70. The Bertz CT molecular complexity index is 149. The van der Waals surface area contributed by atoms with Gasteiger partial charge in [-0.25, -0.2) is 0 Å². The number of nitrogens with zero attached hydrogens (tertiary/aromatic N) is 1. The normalized spacial score (nSPS) is 14.6. The Morgan fingerprint density at radius 1 is 1.20 bits per heavy atom. The molecule has 0 saturated heterocycles. The summed E-state index contributed by atoms with van der Waals surface area (Å²) >= 11 is 0. The summed E-state index contributed by atoms with van der Waals surface area (Å²) in [5.74, 6) is 0.786. The van der Waals surface area contributed by atoms with E-state index in [4.69, 9.17) is 0 Å². The van der Waals surface area contributed by atoms with Gasteiger partial charge in [0.15, 0.2) is 0 Å². The Kier molecular flexibility index (Phi) is 7.20. The molecule has 2 heteroatoms. The van der Waals surface area contributed by atoms with Crippen LogP contribution in [0.2, 0.25) is 0 Å². The maximum Gasteiger partial charge on any atom is 0.0104 e. The van der Waals surface area contributed by atoms with E-state index in [1.54, 1.807) is 0 Å². The standard InChI is InChI=1S/C13H30N2/c1-7-15(6)11-10-14-9-8-12(2)13(3,4)5/h12,14H,7-11H2,1-6H3. The van der Waals surface area contributed by atoms with Gasteiger partial charge < -0.3 is 10.2 Å². The van der Waals surface area contributed by atoms with Crippen molar-refractivity contribution in [2.24, 2.45) is 11.3 Å². The van der Waals surface area contributed by atoms with E-state index in [2.05, 4.69) is 51.9 Å². The lowest BCUT2D eigenvalue weighted by molar-refractivity contribution is 0.243. The van der Waals surface area contributed by atoms with Crippen molar-refractivity contribution in [3.8, 4) is 0 Å². The van der Waals surface area contributed by atoms with Gasteiger partial charge >= 0.3 is 0 Å². The minimum absolute atomic E-state index is 0.446. The molecule has 0 radical (unpaired) electrons. The molecular formula is C13H30N2. The molecule has 1 atom stereocenters. The SMILES string of the molecule is CCN(C)CCNCCC(C)C(C)(C)C. The van der Waals surface area contributed by atoms with Crippen molar-refractivity contribution in [3.63, 3.8) is 0 Å². The van der Waals surface area contributed by atoms with E-state index in [0.29, 0.717) is 5.41 Å². The number of nitrogens with one attached hydrogen (secondary N) is 1. The molecule has 1 unspecified atom stereocenters. The third-order valence-corrected chi connectivity index (χ3v) is 3.44. The molecule has 2 nitrogen and oxygen atoms in total. The molecule has 0 spiro atoms. The summed E-state index contributed by atoms with van der Waals surface area (Å²) in [4.78, 5) is 2.33. The van der Waals surface area contributed by atoms with Crippen LogP contribution in [-0.4, -0.2) is 38.1 Å². The number of hydrogen-bond acceptors (Lipinski definition) is 2. The maximum atomic E-state index is 3.51. The highest BCUT2D eigenvalue weighted by atomic mass is 15.1. The monoisotopic (exact) mass is 214 g/mol. The Balaban J connectivity index is 3.39. The Labute approximate surface area is 96.4 Å². The van der Waals surface area contributed by atoms with Crippen LogP contribution < -0.4 is 5.32 Å². The van der Waals surface area contributed by atoms with Crippen LogP contribution in [0.5, 0.6) is 0 Å². The lowest BCUT2D eigenvalue weighted by Crippen LogP contribution is -2.31. The van der Waals surface area contributed by atoms with Crippen molar-refractivity contribution in [2.45, 2.75) is 41.0 Å². The van der Waals surface area contributed by atoms with E-state index in [9.17, 15) is 0 Å². The largest absolute Gasteiger partial charge is 0.315 e. The summed E-state index contributed by atoms with van der Waals surface area (Å²) in [6.07, 6.45) is 1.28. The fraction of sp³-hybridized carbons (Fsp3) is 1.00. The number of likely N-dealkylation sites (N-methyl/N-ethyl adjacent to an activating group) is 1. The third kappa shape index (κ3) is 7.80. The smallest absolute Gasteiger partial charge is 0.0104 e. The Morgan fingerprint density at radius 3 is 2.27 bits per heavy atom. The Morgan fingerprint density at radius 2 is 1.80 bits per heavy atom. The van der Waals surface area contributed by atoms with E-state index in [-0.39, 0.29) is 0 Å². The molecule has 0 aliphatic heterocycles. The van der Waals surface area contributed by atoms with E-state index >= 15 is 0 Å². The average Bonchev–Trinajstić information content (AvgIpc) is 2.15. The van der Waals surface area contributed by atoms with Crippen molar-refractivity contribution in [1.82, 2.24) is 10.2 Å². The minimum atomic E-state index is 0.446. The summed E-state index contributed by atoms with van der Waals surface area (Å²) in [6.45, 7) is 16.1. The first-order chi connectivity index (χ1) is 6.88. The topological polar surface area (TPSA) is 15.3 Å². The highest BCUT2D eigenvalue weighted by Crippen LogP contribution is 2.27. The van der Waals surface area contributed by atoms with Crippen LogP contribution in [0.3, 0.4) is 0 Å². The van der Waals surface area contributed by atoms with E-state index < -0.39 is 0 Å². The highest BCUT2D eigenvalue weighted by Gasteiger charge is 2.18. The van der Waals surface area contributed by atoms with Gasteiger partial charge in [0.25, 0.3) is 0 Å². The van der Waals surface area contributed by atoms with Crippen LogP contribution in [0.15, 0.2) is 0 Å². The second kappa shape index (κ2) is 7.24. The lowest BCUT2D eigenvalue weighted by Gasteiger charge is -2.27. The van der Waals surface area contributed by atoms with Gasteiger partial charge in [-0.1, -0.05) is 34.6 Å². The predicted molar refractivity (Wildman–Crippen MR) is 69.3 cm³/mol. The molecule has 0 aromatic rings. The summed E-state index contributed by atoms with van der Waals surface area (Å²) in [7, 11) is 2.17. The van der Waals surface area contributed by atoms with Crippen molar-refractivity contribution in [2.75, 3.05) is 33.2 Å². The highest BCUT2D eigenvalue weighted by molar-refractivity contribution is 4.70. The summed E-state index contributed by atoms with van der Waals surface area (Å²) in [5.41, 5.74) is 0.446. The van der Waals surface area contributed by atoms with Crippen LogP contribution in [0.25, 0.3) is 0 Å². The van der Waals surface area contributed by atoms with Crippen LogP contribution in [0.4, 0.5) is 0 Å². The van der Waals surface area contributed by atoms with Gasteiger partial charge in [-0.05, 0) is 37.9 Å². The first-order valence-electron chi connectivity index (χ1n) is 6.27. The van der Waals surface area contributed by atoms with Gasteiger partial charge in [0.05, 0.1) is 0 Å². The molecule has 1 N–H and O–H groups in total. The van der Waals surface area contributed by atoms with Crippen molar-refractivity contribution < 1.29 is 0 Å². The summed E-state index contributed by atoms with van der Waals surface area (Å²) < 4.78 is 0. The van der Waals surface area contributed by atoms with Crippen LogP contribution >= 0.6 is 0 Å². The molecule has 15 heavy (non-hydrogen) atoms. The van der Waals surface area contributed by atoms with Crippen LogP contribution in [0, 0.1) is 11.3 Å². The fourth-order valence-corrected chi connectivity index (χ4v) is 1.30. The van der Waals surface area contributed by atoms with Gasteiger partial charge in [0.2, 0.25) is 0 Å². The second-order valence-corrected chi connectivity index (χ2v) is 5.70. The predicted octanol–water partition coefficient (Wildman–Crippen LogP) is 2.60. The molecule has 0 aromatic carbocycles. The van der Waals surface area contributed by atoms with Gasteiger partial charge in [-0.3, -0.25) is 0 Å². The Hall–Kier alpha value is -0.0800. The zero-order chi connectivity index (χ0) is 11.9. The number of hydrogen-bond donors (Lipinski definition) is 1. The van der Waals surface area contributed by atoms with Crippen molar-refractivity contribution >= 4 is 0 Å². The maximum absolute atomic E-state index is 3.51. The summed E-state index contributed by atoms with van der Waals surface area (Å²) in [5, 5.41) is 3.51. The van der Waals surface area contributed by atoms with Crippen LogP contribution in [-0.2, 0) is 0 Å². The molecule has 0 aliphatic carbocycles. The van der Waals surface area contributed by atoms with E-state index in [0.717, 1.165) is 32.1 Å².